The molecule has 0 spiro atoms. The van der Waals surface area contributed by atoms with E-state index in [2.05, 4.69) is 16.3 Å². The molecule has 1 aliphatic heterocycles. The molecule has 0 bridgehead atoms. The van der Waals surface area contributed by atoms with Crippen LogP contribution in [0.25, 0.3) is 0 Å². The maximum atomic E-state index is 12.9. The Balaban J connectivity index is 1.78. The molecule has 5 heteroatoms. The standard InChI is InChI=1S/C18H25N3O2/c1-19-17(22)16-11-20(2)8-9-21(12-16)18(23)15-7-6-13-4-3-5-14(13)10-15/h6-7,10,16H,3-5,8-9,11-12H2,1-2H3,(H,19,22). The van der Waals surface area contributed by atoms with Crippen LogP contribution in [0.15, 0.2) is 18.2 Å². The third-order valence-electron chi connectivity index (χ3n) is 4.97. The Bertz CT molecular complexity index is 614. The van der Waals surface area contributed by atoms with Crippen LogP contribution in [0.3, 0.4) is 0 Å². The molecule has 124 valence electrons. The number of aryl methyl sites for hydroxylation is 2. The molecule has 0 radical (unpaired) electrons. The van der Waals surface area contributed by atoms with Gasteiger partial charge in [-0.3, -0.25) is 9.59 Å². The Morgan fingerprint density at radius 3 is 2.70 bits per heavy atom. The summed E-state index contributed by atoms with van der Waals surface area (Å²) in [6.45, 7) is 2.64. The van der Waals surface area contributed by atoms with E-state index in [9.17, 15) is 9.59 Å². The molecule has 1 aliphatic carbocycles. The van der Waals surface area contributed by atoms with Gasteiger partial charge in [-0.05, 0) is 49.6 Å². The fourth-order valence-electron chi connectivity index (χ4n) is 3.62. The highest BCUT2D eigenvalue weighted by Gasteiger charge is 2.29. The highest BCUT2D eigenvalue weighted by molar-refractivity contribution is 5.95. The van der Waals surface area contributed by atoms with E-state index in [1.165, 1.54) is 17.5 Å². The molecule has 1 atom stereocenters. The summed E-state index contributed by atoms with van der Waals surface area (Å²) in [5, 5.41) is 2.71. The molecule has 1 aromatic carbocycles. The number of carbonyl (C=O) groups excluding carboxylic acids is 2. The minimum Gasteiger partial charge on any atom is -0.359 e. The first-order chi connectivity index (χ1) is 11.1. The molecule has 0 saturated carbocycles. The summed E-state index contributed by atoms with van der Waals surface area (Å²) in [4.78, 5) is 28.9. The van der Waals surface area contributed by atoms with E-state index in [0.29, 0.717) is 19.6 Å². The van der Waals surface area contributed by atoms with Crippen molar-refractivity contribution in [3.8, 4) is 0 Å². The molecule has 2 aliphatic rings. The fourth-order valence-corrected chi connectivity index (χ4v) is 3.62. The predicted molar refractivity (Wildman–Crippen MR) is 89.4 cm³/mol. The number of amides is 2. The Kier molecular flexibility index (Phi) is 4.66. The largest absolute Gasteiger partial charge is 0.359 e. The lowest BCUT2D eigenvalue weighted by Crippen LogP contribution is -2.41. The first kappa shape index (κ1) is 16.0. The Hall–Kier alpha value is -1.88. The number of rotatable bonds is 2. The van der Waals surface area contributed by atoms with Crippen molar-refractivity contribution < 1.29 is 9.59 Å². The summed E-state index contributed by atoms with van der Waals surface area (Å²) < 4.78 is 0. The molecule has 1 N–H and O–H groups in total. The Morgan fingerprint density at radius 1 is 1.13 bits per heavy atom. The van der Waals surface area contributed by atoms with Crippen LogP contribution in [0.1, 0.15) is 27.9 Å². The quantitative estimate of drug-likeness (QED) is 0.883. The minimum absolute atomic E-state index is 0.00510. The van der Waals surface area contributed by atoms with Crippen molar-refractivity contribution in [2.75, 3.05) is 40.3 Å². The van der Waals surface area contributed by atoms with E-state index in [0.717, 1.165) is 24.9 Å². The number of hydrogen-bond donors (Lipinski definition) is 1. The number of fused-ring (bicyclic) bond motifs is 1. The van der Waals surface area contributed by atoms with Gasteiger partial charge >= 0.3 is 0 Å². The highest BCUT2D eigenvalue weighted by Crippen LogP contribution is 2.24. The van der Waals surface area contributed by atoms with Gasteiger partial charge in [-0.15, -0.1) is 0 Å². The van der Waals surface area contributed by atoms with Crippen molar-refractivity contribution in [1.29, 1.82) is 0 Å². The Labute approximate surface area is 137 Å². The summed E-state index contributed by atoms with van der Waals surface area (Å²) in [5.41, 5.74) is 3.44. The first-order valence-corrected chi connectivity index (χ1v) is 8.39. The van der Waals surface area contributed by atoms with Gasteiger partial charge in [-0.2, -0.15) is 0 Å². The summed E-state index contributed by atoms with van der Waals surface area (Å²) in [6, 6.07) is 6.08. The van der Waals surface area contributed by atoms with Gasteiger partial charge < -0.3 is 15.1 Å². The second kappa shape index (κ2) is 6.71. The van der Waals surface area contributed by atoms with Crippen LogP contribution < -0.4 is 5.32 Å². The average molecular weight is 315 g/mol. The van der Waals surface area contributed by atoms with Crippen LogP contribution in [-0.2, 0) is 17.6 Å². The van der Waals surface area contributed by atoms with E-state index in [-0.39, 0.29) is 17.7 Å². The molecule has 1 heterocycles. The van der Waals surface area contributed by atoms with Gasteiger partial charge in [0.25, 0.3) is 5.91 Å². The normalized spacial score (nSPS) is 21.7. The summed E-state index contributed by atoms with van der Waals surface area (Å²) in [6.07, 6.45) is 3.37. The molecule has 1 unspecified atom stereocenters. The van der Waals surface area contributed by atoms with Gasteiger partial charge in [0, 0.05) is 38.8 Å². The lowest BCUT2D eigenvalue weighted by atomic mass is 10.0. The SMILES string of the molecule is CNC(=O)C1CN(C)CCN(C(=O)c2ccc3c(c2)CCC3)C1. The average Bonchev–Trinajstić information content (AvgIpc) is 2.94. The predicted octanol–water partition coefficient (Wildman–Crippen LogP) is 0.925. The summed E-state index contributed by atoms with van der Waals surface area (Å²) in [5.74, 6) is -0.125. The van der Waals surface area contributed by atoms with E-state index >= 15 is 0 Å². The molecule has 1 aromatic rings. The topological polar surface area (TPSA) is 52.7 Å². The number of benzene rings is 1. The summed E-state index contributed by atoms with van der Waals surface area (Å²) in [7, 11) is 3.65. The number of nitrogens with zero attached hydrogens (tertiary/aromatic N) is 2. The molecule has 5 nitrogen and oxygen atoms in total. The van der Waals surface area contributed by atoms with Crippen molar-refractivity contribution in [2.24, 2.45) is 5.92 Å². The van der Waals surface area contributed by atoms with Crippen molar-refractivity contribution in [3.05, 3.63) is 34.9 Å². The van der Waals surface area contributed by atoms with Gasteiger partial charge in [0.15, 0.2) is 0 Å². The van der Waals surface area contributed by atoms with Crippen LogP contribution in [0.4, 0.5) is 0 Å². The monoisotopic (exact) mass is 315 g/mol. The fraction of sp³-hybridized carbons (Fsp3) is 0.556. The molecule has 3 rings (SSSR count). The van der Waals surface area contributed by atoms with Crippen LogP contribution in [0.5, 0.6) is 0 Å². The second-order valence-electron chi connectivity index (χ2n) is 6.66. The first-order valence-electron chi connectivity index (χ1n) is 8.39. The van der Waals surface area contributed by atoms with Crippen LogP contribution in [-0.4, -0.2) is 61.9 Å². The Morgan fingerprint density at radius 2 is 1.91 bits per heavy atom. The zero-order valence-corrected chi connectivity index (χ0v) is 14.0. The molecular weight excluding hydrogens is 290 g/mol. The lowest BCUT2D eigenvalue weighted by Gasteiger charge is -2.23. The van der Waals surface area contributed by atoms with E-state index in [1.54, 1.807) is 7.05 Å². The molecule has 1 saturated heterocycles. The highest BCUT2D eigenvalue weighted by atomic mass is 16.2. The second-order valence-corrected chi connectivity index (χ2v) is 6.66. The van der Waals surface area contributed by atoms with Crippen molar-refractivity contribution in [3.63, 3.8) is 0 Å². The van der Waals surface area contributed by atoms with Gasteiger partial charge in [-0.1, -0.05) is 6.07 Å². The maximum Gasteiger partial charge on any atom is 0.253 e. The smallest absolute Gasteiger partial charge is 0.253 e. The zero-order chi connectivity index (χ0) is 16.4. The molecule has 0 aromatic heterocycles. The summed E-state index contributed by atoms with van der Waals surface area (Å²) >= 11 is 0. The zero-order valence-electron chi connectivity index (χ0n) is 14.0. The van der Waals surface area contributed by atoms with E-state index < -0.39 is 0 Å². The molecule has 23 heavy (non-hydrogen) atoms. The van der Waals surface area contributed by atoms with Crippen molar-refractivity contribution >= 4 is 11.8 Å². The van der Waals surface area contributed by atoms with Gasteiger partial charge in [-0.25, -0.2) is 0 Å². The number of carbonyl (C=O) groups is 2. The number of likely N-dealkylation sites (N-methyl/N-ethyl adjacent to an activating group) is 1. The van der Waals surface area contributed by atoms with Crippen molar-refractivity contribution in [2.45, 2.75) is 19.3 Å². The van der Waals surface area contributed by atoms with E-state index in [4.69, 9.17) is 0 Å². The van der Waals surface area contributed by atoms with Crippen LogP contribution in [0.2, 0.25) is 0 Å². The third kappa shape index (κ3) is 3.39. The number of hydrogen-bond acceptors (Lipinski definition) is 3. The van der Waals surface area contributed by atoms with Gasteiger partial charge in [0.1, 0.15) is 0 Å². The third-order valence-corrected chi connectivity index (χ3v) is 4.97. The van der Waals surface area contributed by atoms with Gasteiger partial charge in [0.05, 0.1) is 5.92 Å². The van der Waals surface area contributed by atoms with Crippen molar-refractivity contribution in [1.82, 2.24) is 15.1 Å². The minimum atomic E-state index is -0.175. The molecule has 1 fully saturated rings. The van der Waals surface area contributed by atoms with Crippen LogP contribution >= 0.6 is 0 Å². The van der Waals surface area contributed by atoms with Crippen LogP contribution in [0, 0.1) is 5.92 Å². The number of nitrogens with one attached hydrogen (secondary N) is 1. The van der Waals surface area contributed by atoms with Gasteiger partial charge in [0.2, 0.25) is 5.91 Å². The molecule has 2 amide bonds. The lowest BCUT2D eigenvalue weighted by molar-refractivity contribution is -0.125. The molecular formula is C18H25N3O2. The maximum absolute atomic E-state index is 12.9. The van der Waals surface area contributed by atoms with E-state index in [1.807, 2.05) is 24.1 Å².